The van der Waals surface area contributed by atoms with Gasteiger partial charge in [0, 0.05) is 19.0 Å². The molecule has 1 aromatic heterocycles. The molecule has 0 saturated heterocycles. The summed E-state index contributed by atoms with van der Waals surface area (Å²) in [4.78, 5) is 26.3. The van der Waals surface area contributed by atoms with Crippen molar-refractivity contribution in [1.29, 1.82) is 0 Å². The van der Waals surface area contributed by atoms with Crippen LogP contribution in [0.5, 0.6) is 0 Å². The van der Waals surface area contributed by atoms with E-state index >= 15 is 0 Å². The Balaban J connectivity index is 1.39. The molecule has 4 fully saturated rings. The minimum atomic E-state index is -0.466. The summed E-state index contributed by atoms with van der Waals surface area (Å²) in [5, 5.41) is 10.8. The first-order valence-corrected chi connectivity index (χ1v) is 10.9. The molecule has 0 amide bonds. The van der Waals surface area contributed by atoms with Crippen molar-refractivity contribution < 1.29 is 14.7 Å². The fraction of sp³-hybridized carbons (Fsp3) is 0.520. The highest BCUT2D eigenvalue weighted by Crippen LogP contribution is 2.59. The van der Waals surface area contributed by atoms with E-state index in [1.165, 1.54) is 12.8 Å². The summed E-state index contributed by atoms with van der Waals surface area (Å²) in [6.45, 7) is 1.93. The van der Waals surface area contributed by atoms with Gasteiger partial charge in [0.25, 0.3) is 0 Å². The zero-order valence-electron chi connectivity index (χ0n) is 17.2. The fourth-order valence-corrected chi connectivity index (χ4v) is 6.85. The van der Waals surface area contributed by atoms with Crippen molar-refractivity contribution in [3.63, 3.8) is 0 Å². The SMILES string of the molecule is Cc1cc(C(=O)c2ccccc2)n(C)c1C(=O)CC1C2CC3CC1CC(O)(C3)C2. The first-order chi connectivity index (χ1) is 13.8. The van der Waals surface area contributed by atoms with Crippen LogP contribution in [0.25, 0.3) is 0 Å². The summed E-state index contributed by atoms with van der Waals surface area (Å²) < 4.78 is 1.79. The lowest BCUT2D eigenvalue weighted by molar-refractivity contribution is -0.151. The molecule has 0 radical (unpaired) electrons. The Labute approximate surface area is 171 Å². The Morgan fingerprint density at radius 1 is 1.10 bits per heavy atom. The first-order valence-electron chi connectivity index (χ1n) is 10.9. The molecule has 1 N–H and O–H groups in total. The molecule has 0 aliphatic heterocycles. The van der Waals surface area contributed by atoms with Crippen LogP contribution < -0.4 is 0 Å². The monoisotopic (exact) mass is 391 g/mol. The molecule has 2 atom stereocenters. The molecule has 0 spiro atoms. The summed E-state index contributed by atoms with van der Waals surface area (Å²) in [6.07, 6.45) is 5.56. The Kier molecular flexibility index (Phi) is 4.32. The van der Waals surface area contributed by atoms with Crippen LogP contribution in [0.15, 0.2) is 36.4 Å². The summed E-state index contributed by atoms with van der Waals surface area (Å²) in [5.74, 6) is 2.06. The maximum atomic E-state index is 13.3. The van der Waals surface area contributed by atoms with E-state index in [4.69, 9.17) is 0 Å². The number of hydrogen-bond acceptors (Lipinski definition) is 3. The lowest BCUT2D eigenvalue weighted by Gasteiger charge is -2.58. The minimum absolute atomic E-state index is 0.0490. The van der Waals surface area contributed by atoms with Gasteiger partial charge in [-0.1, -0.05) is 30.3 Å². The number of Topliss-reactive ketones (excluding diaryl/α,β-unsaturated/α-hetero) is 1. The highest BCUT2D eigenvalue weighted by atomic mass is 16.3. The Bertz CT molecular complexity index is 957. The first kappa shape index (κ1) is 18.8. The van der Waals surface area contributed by atoms with E-state index < -0.39 is 5.60 Å². The highest BCUT2D eigenvalue weighted by Gasteiger charge is 2.54. The Morgan fingerprint density at radius 2 is 1.76 bits per heavy atom. The van der Waals surface area contributed by atoms with Gasteiger partial charge < -0.3 is 9.67 Å². The predicted molar refractivity (Wildman–Crippen MR) is 111 cm³/mol. The molecule has 4 heteroatoms. The molecule has 4 saturated carbocycles. The number of benzene rings is 1. The van der Waals surface area contributed by atoms with Crippen molar-refractivity contribution in [2.45, 2.75) is 51.0 Å². The van der Waals surface area contributed by atoms with Gasteiger partial charge in [0.15, 0.2) is 5.78 Å². The third-order valence-corrected chi connectivity index (χ3v) is 7.81. The second kappa shape index (κ2) is 6.66. The van der Waals surface area contributed by atoms with E-state index in [1.807, 2.05) is 50.4 Å². The van der Waals surface area contributed by atoms with Crippen LogP contribution in [0.1, 0.15) is 70.6 Å². The van der Waals surface area contributed by atoms with E-state index in [-0.39, 0.29) is 11.6 Å². The minimum Gasteiger partial charge on any atom is -0.390 e. The van der Waals surface area contributed by atoms with Crippen molar-refractivity contribution in [2.75, 3.05) is 0 Å². The number of aliphatic hydroxyl groups is 1. The van der Waals surface area contributed by atoms with Crippen LogP contribution in [0, 0.1) is 30.6 Å². The van der Waals surface area contributed by atoms with Crippen LogP contribution >= 0.6 is 0 Å². The number of ketones is 2. The predicted octanol–water partition coefficient (Wildman–Crippen LogP) is 4.32. The standard InChI is InChI=1S/C25H29NO3/c1-15-8-21(24(28)17-6-4-3-5-7-17)26(2)23(15)22(27)11-20-18-9-16-10-19(20)14-25(29,12-16)13-18/h3-8,16,18-20,29H,9-14H2,1-2H3. The average molecular weight is 392 g/mol. The fourth-order valence-electron chi connectivity index (χ4n) is 6.85. The third-order valence-electron chi connectivity index (χ3n) is 7.81. The van der Waals surface area contributed by atoms with Gasteiger partial charge in [0.1, 0.15) is 0 Å². The van der Waals surface area contributed by atoms with E-state index in [0.717, 1.165) is 24.8 Å². The number of nitrogens with zero attached hydrogens (tertiary/aromatic N) is 1. The van der Waals surface area contributed by atoms with E-state index in [1.54, 1.807) is 4.57 Å². The molecule has 1 aromatic carbocycles. The Morgan fingerprint density at radius 3 is 2.38 bits per heavy atom. The van der Waals surface area contributed by atoms with E-state index in [9.17, 15) is 14.7 Å². The van der Waals surface area contributed by atoms with Gasteiger partial charge in [0.2, 0.25) is 5.78 Å². The average Bonchev–Trinajstić information content (AvgIpc) is 2.97. The maximum absolute atomic E-state index is 13.3. The number of aryl methyl sites for hydroxylation is 1. The van der Waals surface area contributed by atoms with Crippen LogP contribution in [0.3, 0.4) is 0 Å². The molecule has 6 rings (SSSR count). The van der Waals surface area contributed by atoms with E-state index in [0.29, 0.717) is 47.0 Å². The second-order valence-corrected chi connectivity index (χ2v) is 9.80. The molecule has 4 aliphatic rings. The van der Waals surface area contributed by atoms with Crippen molar-refractivity contribution in [2.24, 2.45) is 30.7 Å². The molecule has 2 aromatic rings. The van der Waals surface area contributed by atoms with Gasteiger partial charge in [0.05, 0.1) is 17.0 Å². The van der Waals surface area contributed by atoms with Crippen LogP contribution in [0.2, 0.25) is 0 Å². The zero-order chi connectivity index (χ0) is 20.3. The van der Waals surface area contributed by atoms with Gasteiger partial charge >= 0.3 is 0 Å². The number of carbonyl (C=O) groups excluding carboxylic acids is 2. The lowest BCUT2D eigenvalue weighted by Crippen LogP contribution is -2.54. The number of hydrogen-bond donors (Lipinski definition) is 1. The summed E-state index contributed by atoms with van der Waals surface area (Å²) in [6, 6.07) is 11.1. The van der Waals surface area contributed by atoms with Gasteiger partial charge in [-0.25, -0.2) is 0 Å². The lowest BCUT2D eigenvalue weighted by atomic mass is 9.49. The smallest absolute Gasteiger partial charge is 0.209 e. The maximum Gasteiger partial charge on any atom is 0.209 e. The van der Waals surface area contributed by atoms with Crippen LogP contribution in [0.4, 0.5) is 0 Å². The van der Waals surface area contributed by atoms with Gasteiger partial charge in [-0.2, -0.15) is 0 Å². The van der Waals surface area contributed by atoms with Crippen molar-refractivity contribution >= 4 is 11.6 Å². The molecule has 152 valence electrons. The number of carbonyl (C=O) groups is 2. The van der Waals surface area contributed by atoms with Crippen molar-refractivity contribution in [3.05, 3.63) is 58.9 Å². The largest absolute Gasteiger partial charge is 0.390 e. The van der Waals surface area contributed by atoms with Crippen LogP contribution in [-0.2, 0) is 7.05 Å². The summed E-state index contributed by atoms with van der Waals surface area (Å²) in [5.41, 5.74) is 2.28. The molecular weight excluding hydrogens is 362 g/mol. The highest BCUT2D eigenvalue weighted by molar-refractivity contribution is 6.09. The summed E-state index contributed by atoms with van der Waals surface area (Å²) >= 11 is 0. The Hall–Kier alpha value is -2.20. The molecule has 4 nitrogen and oxygen atoms in total. The summed E-state index contributed by atoms with van der Waals surface area (Å²) in [7, 11) is 1.83. The molecule has 4 aliphatic carbocycles. The van der Waals surface area contributed by atoms with E-state index in [2.05, 4.69) is 0 Å². The third kappa shape index (κ3) is 3.09. The van der Waals surface area contributed by atoms with Crippen molar-refractivity contribution in [3.8, 4) is 0 Å². The molecule has 1 heterocycles. The quantitative estimate of drug-likeness (QED) is 0.772. The topological polar surface area (TPSA) is 59.3 Å². The zero-order valence-corrected chi connectivity index (χ0v) is 17.2. The molecule has 29 heavy (non-hydrogen) atoms. The molecule has 4 bridgehead atoms. The van der Waals surface area contributed by atoms with Crippen LogP contribution in [-0.4, -0.2) is 26.8 Å². The number of aromatic nitrogens is 1. The van der Waals surface area contributed by atoms with Crippen molar-refractivity contribution in [1.82, 2.24) is 4.57 Å². The second-order valence-electron chi connectivity index (χ2n) is 9.80. The van der Waals surface area contributed by atoms with Gasteiger partial charge in [-0.3, -0.25) is 9.59 Å². The normalized spacial score (nSPS) is 32.5. The van der Waals surface area contributed by atoms with Gasteiger partial charge in [-0.05, 0) is 74.3 Å². The number of rotatable bonds is 5. The molecular formula is C25H29NO3. The van der Waals surface area contributed by atoms with Gasteiger partial charge in [-0.15, -0.1) is 0 Å². The molecule has 2 unspecified atom stereocenters.